The van der Waals surface area contributed by atoms with Gasteiger partial charge in [0.15, 0.2) is 17.7 Å². The fourth-order valence-electron chi connectivity index (χ4n) is 10.1. The van der Waals surface area contributed by atoms with E-state index in [9.17, 15) is 19.5 Å². The van der Waals surface area contributed by atoms with Crippen LogP contribution in [0.25, 0.3) is 11.3 Å². The van der Waals surface area contributed by atoms with E-state index in [4.69, 9.17) is 23.7 Å². The van der Waals surface area contributed by atoms with Crippen molar-refractivity contribution in [3.8, 4) is 11.3 Å². The first-order valence-corrected chi connectivity index (χ1v) is 21.9. The number of fused-ring (bicyclic) bond motifs is 1. The lowest BCUT2D eigenvalue weighted by Gasteiger charge is -2.48. The maximum absolute atomic E-state index is 14.5. The molecule has 3 aliphatic heterocycles. The Kier molecular flexibility index (Phi) is 16.0. The predicted molar refractivity (Wildman–Crippen MR) is 227 cm³/mol. The number of nitrogens with one attached hydrogen (secondary N) is 2. The van der Waals surface area contributed by atoms with E-state index in [1.807, 2.05) is 101 Å². The van der Waals surface area contributed by atoms with Crippen molar-refractivity contribution in [2.75, 3.05) is 34.3 Å². The number of amides is 1. The van der Waals surface area contributed by atoms with Crippen molar-refractivity contribution >= 4 is 17.8 Å². The van der Waals surface area contributed by atoms with Gasteiger partial charge in [-0.25, -0.2) is 20.2 Å². The van der Waals surface area contributed by atoms with E-state index < -0.39 is 71.5 Å². The Morgan fingerprint density at radius 3 is 2.38 bits per heavy atom. The number of benzene rings is 1. The first-order chi connectivity index (χ1) is 28.4. The van der Waals surface area contributed by atoms with E-state index in [0.29, 0.717) is 45.3 Å². The summed E-state index contributed by atoms with van der Waals surface area (Å²) in [5, 5.41) is 16.8. The highest BCUT2D eigenvalue weighted by molar-refractivity contribution is 6.00. The smallest absolute Gasteiger partial charge is 0.425 e. The van der Waals surface area contributed by atoms with E-state index in [-0.39, 0.29) is 30.0 Å². The van der Waals surface area contributed by atoms with Gasteiger partial charge in [0.05, 0.1) is 35.9 Å². The molecule has 4 heterocycles. The molecule has 0 bridgehead atoms. The van der Waals surface area contributed by atoms with Crippen LogP contribution in [0.15, 0.2) is 42.9 Å². The Labute approximate surface area is 357 Å². The lowest BCUT2D eigenvalue weighted by Crippen LogP contribution is -2.63. The summed E-state index contributed by atoms with van der Waals surface area (Å²) in [4.78, 5) is 49.1. The summed E-state index contributed by atoms with van der Waals surface area (Å²) in [6, 6.07) is 8.95. The number of aliphatic hydroxyl groups excluding tert-OH is 1. The molecule has 15 nitrogen and oxygen atoms in total. The molecule has 3 saturated heterocycles. The minimum Gasteiger partial charge on any atom is -0.458 e. The molecule has 1 amide bonds. The van der Waals surface area contributed by atoms with Crippen molar-refractivity contribution in [1.29, 1.82) is 0 Å². The number of aliphatic hydroxyl groups is 1. The summed E-state index contributed by atoms with van der Waals surface area (Å²) in [7, 11) is 5.41. The fraction of sp³-hybridized carbons (Fsp3) is 0.733. The van der Waals surface area contributed by atoms with E-state index in [2.05, 4.69) is 29.6 Å². The highest BCUT2D eigenvalue weighted by atomic mass is 16.7. The van der Waals surface area contributed by atoms with Gasteiger partial charge < -0.3 is 43.6 Å². The van der Waals surface area contributed by atoms with Crippen molar-refractivity contribution < 1.29 is 43.2 Å². The van der Waals surface area contributed by atoms with Crippen LogP contribution in [0.1, 0.15) is 88.0 Å². The lowest BCUT2D eigenvalue weighted by molar-refractivity contribution is -0.295. The zero-order chi connectivity index (χ0) is 44.1. The number of hydrogen-bond acceptors (Lipinski definition) is 13. The van der Waals surface area contributed by atoms with Crippen LogP contribution < -0.4 is 10.7 Å². The molecule has 15 heteroatoms. The largest absolute Gasteiger partial charge is 0.458 e. The minimum absolute atomic E-state index is 0.117. The molecule has 0 spiro atoms. The molecule has 0 saturated carbocycles. The number of aryl methyl sites for hydroxylation is 1. The van der Waals surface area contributed by atoms with Gasteiger partial charge in [-0.1, -0.05) is 65.0 Å². The second-order valence-corrected chi connectivity index (χ2v) is 18.0. The second kappa shape index (κ2) is 20.2. The minimum atomic E-state index is -1.28. The van der Waals surface area contributed by atoms with Crippen molar-refractivity contribution in [2.45, 2.75) is 155 Å². The van der Waals surface area contributed by atoms with Crippen LogP contribution >= 0.6 is 0 Å². The SMILES string of the molecule is CCNC1[C@H](C)C[C@](C)(OC)[C@H](O[C@@H]2O[C@H](C)C[C@H](N(C)C)[C@H]2O)[C@@H](C)C(=O)[C@@H](C)C(=O)O[C@@H](CC)[C@@]2(C)OC(=O)N(NCCCn3cnc(-c4ccccc4)c3)[C@@H]2[C@@H]1C. The third-order valence-corrected chi connectivity index (χ3v) is 13.4. The number of carbonyl (C=O) groups excluding carboxylic acids is 3. The van der Waals surface area contributed by atoms with Gasteiger partial charge in [0, 0.05) is 50.0 Å². The molecule has 1 unspecified atom stereocenters. The number of ketones is 1. The van der Waals surface area contributed by atoms with E-state index in [1.165, 1.54) is 0 Å². The maximum atomic E-state index is 14.5. The van der Waals surface area contributed by atoms with Crippen molar-refractivity contribution in [3.05, 3.63) is 42.9 Å². The second-order valence-electron chi connectivity index (χ2n) is 18.0. The normalized spacial score (nSPS) is 37.1. The highest BCUT2D eigenvalue weighted by Crippen LogP contribution is 2.43. The Hall–Kier alpha value is -3.44. The molecule has 1 aromatic carbocycles. The molecule has 5 rings (SSSR count). The zero-order valence-corrected chi connectivity index (χ0v) is 37.9. The Morgan fingerprint density at radius 1 is 1.05 bits per heavy atom. The van der Waals surface area contributed by atoms with Gasteiger partial charge in [0.1, 0.15) is 18.1 Å². The number of aromatic nitrogens is 2. The van der Waals surface area contributed by atoms with E-state index in [1.54, 1.807) is 26.0 Å². The number of methoxy groups -OCH3 is 1. The van der Waals surface area contributed by atoms with Crippen LogP contribution in [-0.2, 0) is 39.8 Å². The standard InChI is InChI=1S/C45H72N6O9/c1-13-35-45(9)39(51(43(55)60-45)48-21-18-22-50-25-33(47-26-50)32-19-16-15-17-20-32)29(5)36(46-14-2)27(3)24-44(8,56-12)40(30(6)37(52)31(7)41(54)58-35)59-42-38(53)34(49(10)11)23-28(4)57-42/h15-17,19-20,25-31,34-36,38-40,42,46,48,53H,13-14,18,21-24H2,1-12H3/t27-,28-,29-,30+,31-,34+,35+,36?,38-,39-,40-,42+,44+,45-/m1/s1. The number of likely N-dealkylation sites (N-methyl/N-ethyl adjacent to an activating group) is 1. The van der Waals surface area contributed by atoms with Gasteiger partial charge in [-0.3, -0.25) is 9.59 Å². The van der Waals surface area contributed by atoms with Crippen LogP contribution in [0.5, 0.6) is 0 Å². The summed E-state index contributed by atoms with van der Waals surface area (Å²) in [5.74, 6) is -3.54. The third-order valence-electron chi connectivity index (χ3n) is 13.4. The zero-order valence-electron chi connectivity index (χ0n) is 37.9. The summed E-state index contributed by atoms with van der Waals surface area (Å²) in [5.41, 5.74) is 2.95. The summed E-state index contributed by atoms with van der Waals surface area (Å²) >= 11 is 0. The van der Waals surface area contributed by atoms with Crippen molar-refractivity contribution in [1.82, 2.24) is 30.2 Å². The number of rotatable bonds is 13. The van der Waals surface area contributed by atoms with E-state index >= 15 is 0 Å². The molecular formula is C45H72N6O9. The number of ether oxygens (including phenoxy) is 5. The molecule has 14 atom stereocenters. The maximum Gasteiger partial charge on any atom is 0.425 e. The number of hydrogen-bond donors (Lipinski definition) is 3. The third kappa shape index (κ3) is 10.1. The molecule has 0 radical (unpaired) electrons. The molecule has 3 N–H and O–H groups in total. The molecule has 2 aromatic rings. The van der Waals surface area contributed by atoms with Crippen LogP contribution in [0.3, 0.4) is 0 Å². The number of Topliss-reactive ketones (excluding diaryl/α,β-unsaturated/α-hetero) is 1. The Bertz CT molecular complexity index is 1730. The van der Waals surface area contributed by atoms with Gasteiger partial charge >= 0.3 is 12.1 Å². The number of carbonyl (C=O) groups is 3. The quantitative estimate of drug-likeness (QED) is 0.139. The number of cyclic esters (lactones) is 1. The Morgan fingerprint density at radius 2 is 1.75 bits per heavy atom. The van der Waals surface area contributed by atoms with Crippen LogP contribution in [-0.4, -0.2) is 137 Å². The fourth-order valence-corrected chi connectivity index (χ4v) is 10.1. The highest BCUT2D eigenvalue weighted by Gasteiger charge is 2.60. The average Bonchev–Trinajstić information content (AvgIpc) is 3.80. The van der Waals surface area contributed by atoms with Crippen LogP contribution in [0, 0.1) is 23.7 Å². The summed E-state index contributed by atoms with van der Waals surface area (Å²) < 4.78 is 33.9. The molecule has 1 aromatic heterocycles. The molecule has 336 valence electrons. The topological polar surface area (TPSA) is 166 Å². The molecule has 3 aliphatic rings. The van der Waals surface area contributed by atoms with Gasteiger partial charge in [0.25, 0.3) is 0 Å². The van der Waals surface area contributed by atoms with E-state index in [0.717, 1.165) is 11.3 Å². The van der Waals surface area contributed by atoms with Crippen LogP contribution in [0.2, 0.25) is 0 Å². The number of hydrazine groups is 1. The lowest BCUT2D eigenvalue weighted by atomic mass is 9.71. The number of esters is 1. The monoisotopic (exact) mass is 841 g/mol. The predicted octanol–water partition coefficient (Wildman–Crippen LogP) is 5.06. The summed E-state index contributed by atoms with van der Waals surface area (Å²) in [6.45, 7) is 18.9. The summed E-state index contributed by atoms with van der Waals surface area (Å²) in [6.07, 6.45) is 1.24. The van der Waals surface area contributed by atoms with Gasteiger partial charge in [-0.2, -0.15) is 0 Å². The van der Waals surface area contributed by atoms with Gasteiger partial charge in [-0.15, -0.1) is 0 Å². The average molecular weight is 841 g/mol. The molecule has 60 heavy (non-hydrogen) atoms. The number of nitrogens with zero attached hydrogens (tertiary/aromatic N) is 4. The Balaban J connectivity index is 1.47. The first kappa shape index (κ1) is 47.6. The molecule has 3 fully saturated rings. The van der Waals surface area contributed by atoms with Gasteiger partial charge in [0.2, 0.25) is 0 Å². The molecule has 0 aliphatic carbocycles. The van der Waals surface area contributed by atoms with Crippen LogP contribution in [0.4, 0.5) is 4.79 Å². The van der Waals surface area contributed by atoms with Gasteiger partial charge in [-0.05, 0) is 85.9 Å². The molecular weight excluding hydrogens is 769 g/mol. The number of imidazole rings is 1. The van der Waals surface area contributed by atoms with Crippen molar-refractivity contribution in [3.63, 3.8) is 0 Å². The first-order valence-electron chi connectivity index (χ1n) is 21.9. The van der Waals surface area contributed by atoms with Crippen molar-refractivity contribution in [2.24, 2.45) is 23.7 Å².